The molecule has 2 atom stereocenters. The number of aryl methyl sites for hydroxylation is 1. The quantitative estimate of drug-likeness (QED) is 0.606. The summed E-state index contributed by atoms with van der Waals surface area (Å²) in [5.41, 5.74) is 3.78. The van der Waals surface area contributed by atoms with Crippen LogP contribution in [0.1, 0.15) is 42.6 Å². The van der Waals surface area contributed by atoms with Crippen LogP contribution in [0.25, 0.3) is 10.8 Å². The minimum atomic E-state index is 0. The molecule has 0 saturated carbocycles. The van der Waals surface area contributed by atoms with E-state index in [0.717, 1.165) is 5.75 Å². The molecule has 0 aromatic heterocycles. The van der Waals surface area contributed by atoms with E-state index >= 15 is 0 Å². The van der Waals surface area contributed by atoms with Crippen molar-refractivity contribution < 1.29 is 4.74 Å². The van der Waals surface area contributed by atoms with Crippen molar-refractivity contribution in [2.24, 2.45) is 0 Å². The van der Waals surface area contributed by atoms with E-state index in [0.29, 0.717) is 0 Å². The highest BCUT2D eigenvalue weighted by Crippen LogP contribution is 2.28. The van der Waals surface area contributed by atoms with E-state index in [-0.39, 0.29) is 24.5 Å². The van der Waals surface area contributed by atoms with Crippen LogP contribution in [0.4, 0.5) is 0 Å². The predicted molar refractivity (Wildman–Crippen MR) is 109 cm³/mol. The maximum absolute atomic E-state index is 5.36. The lowest BCUT2D eigenvalue weighted by Gasteiger charge is -2.22. The van der Waals surface area contributed by atoms with Gasteiger partial charge < -0.3 is 10.1 Å². The Morgan fingerprint density at radius 2 is 1.60 bits per heavy atom. The molecule has 25 heavy (non-hydrogen) atoms. The molecule has 0 amide bonds. The third-order valence-corrected chi connectivity index (χ3v) is 4.71. The number of methoxy groups -OCH3 is 1. The molecule has 0 heterocycles. The smallest absolute Gasteiger partial charge is 0.121 e. The molecule has 0 aliphatic carbocycles. The van der Waals surface area contributed by atoms with Crippen LogP contribution in [0.15, 0.2) is 60.7 Å². The SMILES string of the molecule is COc1ccc([C@@H](C)N[C@H](C)c2cccc3ccccc23)cc1C.Cl. The summed E-state index contributed by atoms with van der Waals surface area (Å²) in [5.74, 6) is 0.938. The Morgan fingerprint density at radius 1 is 0.880 bits per heavy atom. The number of hydrogen-bond donors (Lipinski definition) is 1. The molecule has 3 aromatic rings. The van der Waals surface area contributed by atoms with Crippen molar-refractivity contribution in [3.63, 3.8) is 0 Å². The van der Waals surface area contributed by atoms with Crippen molar-refractivity contribution in [2.45, 2.75) is 32.9 Å². The second-order valence-electron chi connectivity index (χ2n) is 6.41. The van der Waals surface area contributed by atoms with E-state index in [4.69, 9.17) is 4.74 Å². The Morgan fingerprint density at radius 3 is 2.32 bits per heavy atom. The topological polar surface area (TPSA) is 21.3 Å². The van der Waals surface area contributed by atoms with Gasteiger partial charge in [-0.2, -0.15) is 0 Å². The van der Waals surface area contributed by atoms with E-state index < -0.39 is 0 Å². The van der Waals surface area contributed by atoms with Gasteiger partial charge in [0.25, 0.3) is 0 Å². The summed E-state index contributed by atoms with van der Waals surface area (Å²) in [6.07, 6.45) is 0. The van der Waals surface area contributed by atoms with E-state index in [2.05, 4.69) is 80.7 Å². The third-order valence-electron chi connectivity index (χ3n) is 4.71. The first-order chi connectivity index (χ1) is 11.6. The second-order valence-corrected chi connectivity index (χ2v) is 6.41. The summed E-state index contributed by atoms with van der Waals surface area (Å²) in [4.78, 5) is 0. The molecule has 0 aliphatic heterocycles. The highest BCUT2D eigenvalue weighted by atomic mass is 35.5. The van der Waals surface area contributed by atoms with E-state index in [1.165, 1.54) is 27.5 Å². The Balaban J connectivity index is 0.00000225. The van der Waals surface area contributed by atoms with Crippen molar-refractivity contribution >= 4 is 23.2 Å². The maximum atomic E-state index is 5.36. The molecule has 3 aromatic carbocycles. The normalized spacial score (nSPS) is 13.1. The van der Waals surface area contributed by atoms with Gasteiger partial charge >= 0.3 is 0 Å². The maximum Gasteiger partial charge on any atom is 0.121 e. The lowest BCUT2D eigenvalue weighted by atomic mass is 9.98. The summed E-state index contributed by atoms with van der Waals surface area (Å²) in [7, 11) is 1.71. The number of halogens is 1. The molecule has 0 radical (unpaired) electrons. The number of fused-ring (bicyclic) bond motifs is 1. The second kappa shape index (κ2) is 8.37. The van der Waals surface area contributed by atoms with Crippen LogP contribution in [-0.4, -0.2) is 7.11 Å². The minimum absolute atomic E-state index is 0. The first kappa shape index (κ1) is 19.3. The van der Waals surface area contributed by atoms with Gasteiger partial charge in [-0.15, -0.1) is 12.4 Å². The van der Waals surface area contributed by atoms with Gasteiger partial charge in [0.05, 0.1) is 7.11 Å². The fourth-order valence-electron chi connectivity index (χ4n) is 3.36. The molecule has 2 nitrogen and oxygen atoms in total. The zero-order valence-corrected chi connectivity index (χ0v) is 16.1. The highest BCUT2D eigenvalue weighted by molar-refractivity contribution is 5.86. The fourth-order valence-corrected chi connectivity index (χ4v) is 3.36. The van der Waals surface area contributed by atoms with Crippen LogP contribution in [-0.2, 0) is 0 Å². The van der Waals surface area contributed by atoms with E-state index in [1.54, 1.807) is 7.11 Å². The molecule has 0 unspecified atom stereocenters. The van der Waals surface area contributed by atoms with Crippen molar-refractivity contribution in [3.8, 4) is 5.75 Å². The molecule has 0 aliphatic rings. The van der Waals surface area contributed by atoms with Gasteiger partial charge in [0, 0.05) is 12.1 Å². The van der Waals surface area contributed by atoms with Crippen LogP contribution in [0.5, 0.6) is 5.75 Å². The van der Waals surface area contributed by atoms with Gasteiger partial charge in [-0.1, -0.05) is 54.6 Å². The number of hydrogen-bond acceptors (Lipinski definition) is 2. The third kappa shape index (κ3) is 4.15. The fraction of sp³-hybridized carbons (Fsp3) is 0.273. The molecule has 1 N–H and O–H groups in total. The minimum Gasteiger partial charge on any atom is -0.496 e. The molecular weight excluding hydrogens is 330 g/mol. The molecule has 0 spiro atoms. The number of rotatable bonds is 5. The van der Waals surface area contributed by atoms with Gasteiger partial charge in [0.2, 0.25) is 0 Å². The van der Waals surface area contributed by atoms with Crippen molar-refractivity contribution in [1.82, 2.24) is 5.32 Å². The van der Waals surface area contributed by atoms with Crippen molar-refractivity contribution in [2.75, 3.05) is 7.11 Å². The van der Waals surface area contributed by atoms with E-state index in [9.17, 15) is 0 Å². The van der Waals surface area contributed by atoms with Crippen molar-refractivity contribution in [3.05, 3.63) is 77.4 Å². The Kier molecular flexibility index (Phi) is 6.46. The molecular formula is C22H26ClNO. The zero-order valence-electron chi connectivity index (χ0n) is 15.2. The molecule has 0 fully saturated rings. The summed E-state index contributed by atoms with van der Waals surface area (Å²) in [6, 6.07) is 22.0. The Hall–Kier alpha value is -2.03. The number of ether oxygens (including phenoxy) is 1. The number of benzene rings is 3. The first-order valence-electron chi connectivity index (χ1n) is 8.48. The molecule has 132 valence electrons. The van der Waals surface area contributed by atoms with Crippen molar-refractivity contribution in [1.29, 1.82) is 0 Å². The van der Waals surface area contributed by atoms with E-state index in [1.807, 2.05) is 6.07 Å². The average molecular weight is 356 g/mol. The molecule has 0 saturated heterocycles. The average Bonchev–Trinajstić information content (AvgIpc) is 2.61. The summed E-state index contributed by atoms with van der Waals surface area (Å²) >= 11 is 0. The summed E-state index contributed by atoms with van der Waals surface area (Å²) < 4.78 is 5.36. The molecule has 3 heteroatoms. The summed E-state index contributed by atoms with van der Waals surface area (Å²) in [5, 5.41) is 6.33. The van der Waals surface area contributed by atoms with Gasteiger partial charge in [-0.3, -0.25) is 0 Å². The monoisotopic (exact) mass is 355 g/mol. The van der Waals surface area contributed by atoms with Crippen LogP contribution in [0, 0.1) is 6.92 Å². The first-order valence-corrected chi connectivity index (χ1v) is 8.48. The van der Waals surface area contributed by atoms with Crippen LogP contribution >= 0.6 is 12.4 Å². The zero-order chi connectivity index (χ0) is 17.1. The lowest BCUT2D eigenvalue weighted by Crippen LogP contribution is -2.22. The summed E-state index contributed by atoms with van der Waals surface area (Å²) in [6.45, 7) is 6.53. The predicted octanol–water partition coefficient (Wildman–Crippen LogP) is 5.99. The number of nitrogens with one attached hydrogen (secondary N) is 1. The van der Waals surface area contributed by atoms with Crippen LogP contribution < -0.4 is 10.1 Å². The largest absolute Gasteiger partial charge is 0.496 e. The molecule has 3 rings (SSSR count). The Bertz CT molecular complexity index is 841. The standard InChI is InChI=1S/C22H25NO.ClH/c1-15-14-19(12-13-22(15)24-4)16(2)23-17(3)20-11-7-9-18-8-5-6-10-21(18)20;/h5-14,16-17,23H,1-4H3;1H/t16-,17-;/m1./s1. The highest BCUT2D eigenvalue weighted by Gasteiger charge is 2.14. The molecule has 0 bridgehead atoms. The lowest BCUT2D eigenvalue weighted by molar-refractivity contribution is 0.411. The van der Waals surface area contributed by atoms with Gasteiger partial charge in [-0.05, 0) is 54.3 Å². The van der Waals surface area contributed by atoms with Crippen LogP contribution in [0.3, 0.4) is 0 Å². The Labute approximate surface area is 156 Å². The van der Waals surface area contributed by atoms with Gasteiger partial charge in [0.1, 0.15) is 5.75 Å². The van der Waals surface area contributed by atoms with Gasteiger partial charge in [0.15, 0.2) is 0 Å². The van der Waals surface area contributed by atoms with Crippen LogP contribution in [0.2, 0.25) is 0 Å². The van der Waals surface area contributed by atoms with Gasteiger partial charge in [-0.25, -0.2) is 0 Å².